The van der Waals surface area contributed by atoms with E-state index in [-0.39, 0.29) is 11.8 Å². The number of aromatic nitrogens is 2. The van der Waals surface area contributed by atoms with E-state index >= 15 is 0 Å². The van der Waals surface area contributed by atoms with Crippen LogP contribution in [-0.2, 0) is 22.6 Å². The average molecular weight is 427 g/mol. The van der Waals surface area contributed by atoms with Crippen molar-refractivity contribution in [2.75, 3.05) is 0 Å². The minimum absolute atomic E-state index is 0.0213. The van der Waals surface area contributed by atoms with Gasteiger partial charge in [0.2, 0.25) is 11.8 Å². The first-order chi connectivity index (χ1) is 14.5. The molecule has 3 heterocycles. The fourth-order valence-corrected chi connectivity index (χ4v) is 4.00. The van der Waals surface area contributed by atoms with Crippen molar-refractivity contribution >= 4 is 23.4 Å². The monoisotopic (exact) mass is 426 g/mol. The first-order valence-electron chi connectivity index (χ1n) is 9.91. The zero-order chi connectivity index (χ0) is 21.0. The van der Waals surface area contributed by atoms with Crippen molar-refractivity contribution in [2.24, 2.45) is 0 Å². The van der Waals surface area contributed by atoms with Gasteiger partial charge in [0.25, 0.3) is 0 Å². The van der Waals surface area contributed by atoms with Crippen molar-refractivity contribution in [1.29, 1.82) is 0 Å². The summed E-state index contributed by atoms with van der Waals surface area (Å²) in [4.78, 5) is 24.4. The number of nitrogens with zero attached hydrogens (tertiary/aromatic N) is 1. The predicted octanol–water partition coefficient (Wildman–Crippen LogP) is 3.61. The van der Waals surface area contributed by atoms with Crippen LogP contribution in [0.3, 0.4) is 0 Å². The Kier molecular flexibility index (Phi) is 5.90. The van der Waals surface area contributed by atoms with Crippen molar-refractivity contribution < 1.29 is 14.0 Å². The third-order valence-corrected chi connectivity index (χ3v) is 5.74. The summed E-state index contributed by atoms with van der Waals surface area (Å²) in [6.45, 7) is 0.366. The van der Waals surface area contributed by atoms with E-state index in [0.29, 0.717) is 43.7 Å². The van der Waals surface area contributed by atoms with Crippen LogP contribution in [0.25, 0.3) is 11.3 Å². The highest BCUT2D eigenvalue weighted by Gasteiger charge is 2.38. The van der Waals surface area contributed by atoms with Crippen LogP contribution in [0, 0.1) is 0 Å². The van der Waals surface area contributed by atoms with Gasteiger partial charge in [-0.15, -0.1) is 0 Å². The summed E-state index contributed by atoms with van der Waals surface area (Å²) in [5, 5.41) is 13.8. The molecule has 0 aliphatic carbocycles. The molecule has 0 radical (unpaired) electrons. The summed E-state index contributed by atoms with van der Waals surface area (Å²) < 4.78 is 5.45. The Balaban J connectivity index is 1.34. The third kappa shape index (κ3) is 4.74. The number of aromatic amines is 1. The van der Waals surface area contributed by atoms with Crippen molar-refractivity contribution in [3.05, 3.63) is 65.2 Å². The molecule has 1 atom stereocenters. The number of hydrogen-bond donors (Lipinski definition) is 3. The highest BCUT2D eigenvalue weighted by Crippen LogP contribution is 2.30. The molecule has 156 valence electrons. The Bertz CT molecular complexity index is 1010. The Morgan fingerprint density at radius 1 is 1.27 bits per heavy atom. The molecular weight excluding hydrogens is 404 g/mol. The van der Waals surface area contributed by atoms with Gasteiger partial charge >= 0.3 is 0 Å². The van der Waals surface area contributed by atoms with E-state index in [1.54, 1.807) is 12.5 Å². The van der Waals surface area contributed by atoms with Crippen molar-refractivity contribution in [2.45, 2.75) is 44.2 Å². The largest absolute Gasteiger partial charge is 0.469 e. The van der Waals surface area contributed by atoms with Crippen molar-refractivity contribution in [3.63, 3.8) is 0 Å². The standard InChI is InChI=1S/C22H23ClN4O3/c23-17-5-3-15(4-6-17)21-16(14-25-27-21)13-24-19(28)7-9-22(10-8-20(29)26-22)12-18-2-1-11-30-18/h1-6,11,14H,7-10,12-13H2,(H,24,28)(H,25,27)(H,26,29). The number of H-pyrrole nitrogens is 1. The Morgan fingerprint density at radius 3 is 2.80 bits per heavy atom. The SMILES string of the molecule is O=C(CCC1(Cc2ccco2)CCC(=O)N1)NCc1cn[nH]c1-c1ccc(Cl)cc1. The zero-order valence-electron chi connectivity index (χ0n) is 16.4. The molecule has 2 amide bonds. The predicted molar refractivity (Wildman–Crippen MR) is 113 cm³/mol. The first kappa shape index (κ1) is 20.2. The highest BCUT2D eigenvalue weighted by molar-refractivity contribution is 6.30. The number of benzene rings is 1. The van der Waals surface area contributed by atoms with Crippen molar-refractivity contribution in [3.8, 4) is 11.3 Å². The smallest absolute Gasteiger partial charge is 0.220 e. The second kappa shape index (κ2) is 8.75. The number of furan rings is 1. The molecule has 3 aromatic rings. The molecule has 1 aromatic carbocycles. The number of carbonyl (C=O) groups is 2. The molecule has 3 N–H and O–H groups in total. The van der Waals surface area contributed by atoms with Crippen LogP contribution in [0.15, 0.2) is 53.3 Å². The molecular formula is C22H23ClN4O3. The van der Waals surface area contributed by atoms with Crippen LogP contribution in [-0.4, -0.2) is 27.6 Å². The molecule has 0 spiro atoms. The van der Waals surface area contributed by atoms with E-state index in [1.165, 1.54) is 0 Å². The molecule has 2 aromatic heterocycles. The van der Waals surface area contributed by atoms with E-state index < -0.39 is 5.54 Å². The second-order valence-corrected chi connectivity index (χ2v) is 8.07. The van der Waals surface area contributed by atoms with Gasteiger partial charge in [0.05, 0.1) is 18.2 Å². The lowest BCUT2D eigenvalue weighted by molar-refractivity contribution is -0.122. The summed E-state index contributed by atoms with van der Waals surface area (Å²) in [6.07, 6.45) is 5.96. The normalized spacial score (nSPS) is 18.4. The van der Waals surface area contributed by atoms with Crippen LogP contribution >= 0.6 is 11.6 Å². The molecule has 0 bridgehead atoms. The van der Waals surface area contributed by atoms with E-state index in [1.807, 2.05) is 36.4 Å². The van der Waals surface area contributed by atoms with E-state index in [0.717, 1.165) is 22.6 Å². The Hall–Kier alpha value is -3.06. The lowest BCUT2D eigenvalue weighted by atomic mass is 9.87. The second-order valence-electron chi connectivity index (χ2n) is 7.64. The minimum atomic E-state index is -0.434. The van der Waals surface area contributed by atoms with E-state index in [4.69, 9.17) is 16.0 Å². The summed E-state index contributed by atoms with van der Waals surface area (Å²) in [6, 6.07) is 11.2. The fraction of sp³-hybridized carbons (Fsp3) is 0.318. The fourth-order valence-electron chi connectivity index (χ4n) is 3.88. The Labute approximate surface area is 179 Å². The van der Waals surface area contributed by atoms with Gasteiger partial charge in [0.1, 0.15) is 5.76 Å². The van der Waals surface area contributed by atoms with Gasteiger partial charge in [-0.3, -0.25) is 14.7 Å². The van der Waals surface area contributed by atoms with Crippen LogP contribution in [0.4, 0.5) is 0 Å². The summed E-state index contributed by atoms with van der Waals surface area (Å²) >= 11 is 5.95. The van der Waals surface area contributed by atoms with Gasteiger partial charge in [-0.05, 0) is 42.7 Å². The average Bonchev–Trinajstić information content (AvgIpc) is 3.48. The van der Waals surface area contributed by atoms with Crippen LogP contribution in [0.1, 0.15) is 37.0 Å². The zero-order valence-corrected chi connectivity index (χ0v) is 17.2. The van der Waals surface area contributed by atoms with Gasteiger partial charge < -0.3 is 15.1 Å². The Morgan fingerprint density at radius 2 is 2.10 bits per heavy atom. The number of rotatable bonds is 8. The molecule has 1 unspecified atom stereocenters. The van der Waals surface area contributed by atoms with Crippen LogP contribution in [0.2, 0.25) is 5.02 Å². The molecule has 8 heteroatoms. The minimum Gasteiger partial charge on any atom is -0.469 e. The molecule has 30 heavy (non-hydrogen) atoms. The van der Waals surface area contributed by atoms with Crippen LogP contribution < -0.4 is 10.6 Å². The highest BCUT2D eigenvalue weighted by atomic mass is 35.5. The molecule has 1 saturated heterocycles. The summed E-state index contributed by atoms with van der Waals surface area (Å²) in [7, 11) is 0. The molecule has 1 aliphatic heterocycles. The summed E-state index contributed by atoms with van der Waals surface area (Å²) in [5.74, 6) is 0.759. The topological polar surface area (TPSA) is 100 Å². The molecule has 1 aliphatic rings. The van der Waals surface area contributed by atoms with Gasteiger partial charge in [-0.2, -0.15) is 5.10 Å². The first-order valence-corrected chi connectivity index (χ1v) is 10.3. The molecule has 4 rings (SSSR count). The van der Waals surface area contributed by atoms with E-state index in [9.17, 15) is 9.59 Å². The maximum atomic E-state index is 12.5. The maximum Gasteiger partial charge on any atom is 0.220 e. The molecule has 7 nitrogen and oxygen atoms in total. The van der Waals surface area contributed by atoms with Gasteiger partial charge in [0.15, 0.2) is 0 Å². The molecule has 0 saturated carbocycles. The number of nitrogens with one attached hydrogen (secondary N) is 3. The summed E-state index contributed by atoms with van der Waals surface area (Å²) in [5.41, 5.74) is 2.26. The molecule has 1 fully saturated rings. The maximum absolute atomic E-state index is 12.5. The van der Waals surface area contributed by atoms with E-state index in [2.05, 4.69) is 20.8 Å². The number of hydrogen-bond acceptors (Lipinski definition) is 4. The lowest BCUT2D eigenvalue weighted by Crippen LogP contribution is -2.44. The van der Waals surface area contributed by atoms with Crippen LogP contribution in [0.5, 0.6) is 0 Å². The number of halogens is 1. The van der Waals surface area contributed by atoms with Crippen molar-refractivity contribution in [1.82, 2.24) is 20.8 Å². The van der Waals surface area contributed by atoms with Gasteiger partial charge in [-0.25, -0.2) is 0 Å². The quantitative estimate of drug-likeness (QED) is 0.512. The third-order valence-electron chi connectivity index (χ3n) is 5.49. The van der Waals surface area contributed by atoms with Gasteiger partial charge in [0, 0.05) is 41.9 Å². The van der Waals surface area contributed by atoms with Gasteiger partial charge in [-0.1, -0.05) is 23.7 Å². The lowest BCUT2D eigenvalue weighted by Gasteiger charge is -2.28. The number of carbonyl (C=O) groups excluding carboxylic acids is 2. The number of amides is 2.